The highest BCUT2D eigenvalue weighted by atomic mass is 16.5. The standard InChI is InChI=1S/C15H23NO2/c1-12-8-13(4-5-14(12)18-2)9-16-10-15(11-17)6-3-7-15/h4-5,8,16-17H,3,6-7,9-11H2,1-2H3. The van der Waals surface area contributed by atoms with Crippen LogP contribution in [0.4, 0.5) is 0 Å². The molecule has 18 heavy (non-hydrogen) atoms. The molecule has 0 aromatic heterocycles. The highest BCUT2D eigenvalue weighted by Gasteiger charge is 2.35. The highest BCUT2D eigenvalue weighted by molar-refractivity contribution is 5.36. The van der Waals surface area contributed by atoms with Crippen LogP contribution in [0.15, 0.2) is 18.2 Å². The first-order valence-electron chi connectivity index (χ1n) is 6.64. The van der Waals surface area contributed by atoms with Crippen molar-refractivity contribution in [3.63, 3.8) is 0 Å². The first-order chi connectivity index (χ1) is 8.69. The van der Waals surface area contributed by atoms with Crippen molar-refractivity contribution in [2.24, 2.45) is 5.41 Å². The van der Waals surface area contributed by atoms with Crippen molar-refractivity contribution >= 4 is 0 Å². The van der Waals surface area contributed by atoms with E-state index in [-0.39, 0.29) is 5.41 Å². The summed E-state index contributed by atoms with van der Waals surface area (Å²) in [6.07, 6.45) is 3.56. The molecule has 0 bridgehead atoms. The van der Waals surface area contributed by atoms with E-state index in [1.807, 2.05) is 6.07 Å². The lowest BCUT2D eigenvalue weighted by molar-refractivity contribution is 0.0445. The lowest BCUT2D eigenvalue weighted by atomic mass is 9.69. The molecule has 1 fully saturated rings. The maximum atomic E-state index is 9.39. The van der Waals surface area contributed by atoms with Crippen LogP contribution < -0.4 is 10.1 Å². The molecule has 3 nitrogen and oxygen atoms in total. The summed E-state index contributed by atoms with van der Waals surface area (Å²) >= 11 is 0. The Morgan fingerprint density at radius 2 is 2.17 bits per heavy atom. The van der Waals surface area contributed by atoms with Gasteiger partial charge in [-0.1, -0.05) is 18.6 Å². The molecule has 1 saturated carbocycles. The van der Waals surface area contributed by atoms with Gasteiger partial charge < -0.3 is 15.2 Å². The lowest BCUT2D eigenvalue weighted by Crippen LogP contribution is -2.42. The quantitative estimate of drug-likeness (QED) is 0.812. The second kappa shape index (κ2) is 5.72. The molecule has 0 saturated heterocycles. The molecular weight excluding hydrogens is 226 g/mol. The van der Waals surface area contributed by atoms with Gasteiger partial charge in [0.25, 0.3) is 0 Å². The maximum absolute atomic E-state index is 9.39. The van der Waals surface area contributed by atoms with Gasteiger partial charge in [-0.05, 0) is 37.0 Å². The second-order valence-electron chi connectivity index (χ2n) is 5.42. The summed E-state index contributed by atoms with van der Waals surface area (Å²) in [5.74, 6) is 0.935. The number of rotatable bonds is 6. The number of hydrogen-bond donors (Lipinski definition) is 2. The minimum atomic E-state index is 0.154. The number of benzene rings is 1. The van der Waals surface area contributed by atoms with Crippen LogP contribution in [-0.2, 0) is 6.54 Å². The van der Waals surface area contributed by atoms with Crippen LogP contribution in [-0.4, -0.2) is 25.4 Å². The van der Waals surface area contributed by atoms with E-state index in [2.05, 4.69) is 24.4 Å². The molecule has 100 valence electrons. The Hall–Kier alpha value is -1.06. The van der Waals surface area contributed by atoms with Crippen LogP contribution in [0.3, 0.4) is 0 Å². The Labute approximate surface area is 109 Å². The minimum Gasteiger partial charge on any atom is -0.496 e. The zero-order chi connectivity index (χ0) is 13.0. The molecule has 0 unspecified atom stereocenters. The van der Waals surface area contributed by atoms with Crippen LogP contribution in [0.1, 0.15) is 30.4 Å². The third kappa shape index (κ3) is 2.85. The number of nitrogens with one attached hydrogen (secondary N) is 1. The van der Waals surface area contributed by atoms with Gasteiger partial charge in [0.15, 0.2) is 0 Å². The molecule has 1 aliphatic carbocycles. The normalized spacial score (nSPS) is 17.3. The molecule has 0 aliphatic heterocycles. The van der Waals surface area contributed by atoms with Crippen molar-refractivity contribution < 1.29 is 9.84 Å². The van der Waals surface area contributed by atoms with Crippen molar-refractivity contribution in [1.29, 1.82) is 0 Å². The van der Waals surface area contributed by atoms with Gasteiger partial charge >= 0.3 is 0 Å². The van der Waals surface area contributed by atoms with Gasteiger partial charge in [-0.3, -0.25) is 0 Å². The van der Waals surface area contributed by atoms with E-state index in [0.717, 1.165) is 37.2 Å². The molecule has 3 heteroatoms. The van der Waals surface area contributed by atoms with Crippen molar-refractivity contribution in [3.05, 3.63) is 29.3 Å². The fourth-order valence-corrected chi connectivity index (χ4v) is 2.59. The van der Waals surface area contributed by atoms with Crippen LogP contribution in [0.2, 0.25) is 0 Å². The predicted molar refractivity (Wildman–Crippen MR) is 72.8 cm³/mol. The predicted octanol–water partition coefficient (Wildman–Crippen LogP) is 2.26. The Balaban J connectivity index is 1.85. The number of aliphatic hydroxyl groups excluding tert-OH is 1. The van der Waals surface area contributed by atoms with Crippen molar-refractivity contribution in [1.82, 2.24) is 5.32 Å². The Bertz CT molecular complexity index is 394. The SMILES string of the molecule is COc1ccc(CNCC2(CO)CCC2)cc1C. The third-order valence-electron chi connectivity index (χ3n) is 4.04. The summed E-state index contributed by atoms with van der Waals surface area (Å²) in [5, 5.41) is 12.8. The molecule has 0 radical (unpaired) electrons. The molecule has 0 spiro atoms. The van der Waals surface area contributed by atoms with E-state index in [1.54, 1.807) is 7.11 Å². The van der Waals surface area contributed by atoms with E-state index >= 15 is 0 Å². The van der Waals surface area contributed by atoms with E-state index < -0.39 is 0 Å². The smallest absolute Gasteiger partial charge is 0.121 e. The largest absolute Gasteiger partial charge is 0.496 e. The zero-order valence-corrected chi connectivity index (χ0v) is 11.3. The van der Waals surface area contributed by atoms with Crippen LogP contribution in [0.25, 0.3) is 0 Å². The van der Waals surface area contributed by atoms with E-state index in [4.69, 9.17) is 4.74 Å². The van der Waals surface area contributed by atoms with Crippen molar-refractivity contribution in [3.8, 4) is 5.75 Å². The first kappa shape index (κ1) is 13.4. The molecule has 1 aromatic rings. The fraction of sp³-hybridized carbons (Fsp3) is 0.600. The van der Waals surface area contributed by atoms with E-state index in [0.29, 0.717) is 6.61 Å². The van der Waals surface area contributed by atoms with Crippen LogP contribution in [0.5, 0.6) is 5.75 Å². The number of hydrogen-bond acceptors (Lipinski definition) is 3. The number of methoxy groups -OCH3 is 1. The molecule has 2 N–H and O–H groups in total. The number of aliphatic hydroxyl groups is 1. The van der Waals surface area contributed by atoms with Gasteiger partial charge in [0.05, 0.1) is 7.11 Å². The average molecular weight is 249 g/mol. The average Bonchev–Trinajstić information content (AvgIpc) is 2.33. The van der Waals surface area contributed by atoms with Gasteiger partial charge in [-0.15, -0.1) is 0 Å². The molecular formula is C15H23NO2. The Morgan fingerprint density at radius 1 is 1.39 bits per heavy atom. The van der Waals surface area contributed by atoms with Gasteiger partial charge in [-0.2, -0.15) is 0 Å². The molecule has 0 heterocycles. The van der Waals surface area contributed by atoms with Gasteiger partial charge in [-0.25, -0.2) is 0 Å². The summed E-state index contributed by atoms with van der Waals surface area (Å²) < 4.78 is 5.25. The lowest BCUT2D eigenvalue weighted by Gasteiger charge is -2.40. The first-order valence-corrected chi connectivity index (χ1v) is 6.64. The van der Waals surface area contributed by atoms with E-state index in [1.165, 1.54) is 12.0 Å². The third-order valence-corrected chi connectivity index (χ3v) is 4.04. The van der Waals surface area contributed by atoms with Gasteiger partial charge in [0.2, 0.25) is 0 Å². The summed E-state index contributed by atoms with van der Waals surface area (Å²) in [6, 6.07) is 6.25. The summed E-state index contributed by atoms with van der Waals surface area (Å²) in [7, 11) is 1.70. The van der Waals surface area contributed by atoms with Crippen molar-refractivity contribution in [2.45, 2.75) is 32.7 Å². The van der Waals surface area contributed by atoms with Crippen LogP contribution in [0, 0.1) is 12.3 Å². The van der Waals surface area contributed by atoms with E-state index in [9.17, 15) is 5.11 Å². The monoisotopic (exact) mass is 249 g/mol. The molecule has 1 aromatic carbocycles. The molecule has 1 aliphatic rings. The van der Waals surface area contributed by atoms with Gasteiger partial charge in [0.1, 0.15) is 5.75 Å². The molecule has 2 rings (SSSR count). The number of aryl methyl sites for hydroxylation is 1. The number of ether oxygens (including phenoxy) is 1. The minimum absolute atomic E-state index is 0.154. The fourth-order valence-electron chi connectivity index (χ4n) is 2.59. The Morgan fingerprint density at radius 3 is 2.67 bits per heavy atom. The second-order valence-corrected chi connectivity index (χ2v) is 5.42. The summed E-state index contributed by atoms with van der Waals surface area (Å²) in [5.41, 5.74) is 2.58. The summed E-state index contributed by atoms with van der Waals surface area (Å²) in [6.45, 7) is 4.13. The van der Waals surface area contributed by atoms with Gasteiger partial charge in [0, 0.05) is 25.1 Å². The topological polar surface area (TPSA) is 41.5 Å². The summed E-state index contributed by atoms with van der Waals surface area (Å²) in [4.78, 5) is 0. The maximum Gasteiger partial charge on any atom is 0.121 e. The van der Waals surface area contributed by atoms with Crippen LogP contribution >= 0.6 is 0 Å². The highest BCUT2D eigenvalue weighted by Crippen LogP contribution is 2.39. The molecule has 0 atom stereocenters. The zero-order valence-electron chi connectivity index (χ0n) is 11.3. The Kier molecular flexibility index (Phi) is 4.25. The molecule has 0 amide bonds. The van der Waals surface area contributed by atoms with Crippen molar-refractivity contribution in [2.75, 3.05) is 20.3 Å².